The monoisotopic (exact) mass is 326 g/mol. The van der Waals surface area contributed by atoms with Gasteiger partial charge in [-0.25, -0.2) is 9.97 Å². The summed E-state index contributed by atoms with van der Waals surface area (Å²) in [6.45, 7) is 0.239. The van der Waals surface area contributed by atoms with Gasteiger partial charge >= 0.3 is 0 Å². The molecule has 1 amide bonds. The Kier molecular flexibility index (Phi) is 3.90. The summed E-state index contributed by atoms with van der Waals surface area (Å²) < 4.78 is 10.6. The fourth-order valence-corrected chi connectivity index (χ4v) is 2.96. The van der Waals surface area contributed by atoms with E-state index >= 15 is 0 Å². The number of ether oxygens (including phenoxy) is 2. The molecule has 0 spiro atoms. The molecule has 1 aromatic heterocycles. The Hall–Kier alpha value is -2.83. The van der Waals surface area contributed by atoms with Crippen molar-refractivity contribution in [1.29, 1.82) is 0 Å². The van der Waals surface area contributed by atoms with Gasteiger partial charge in [0, 0.05) is 17.8 Å². The van der Waals surface area contributed by atoms with Crippen LogP contribution in [-0.2, 0) is 0 Å². The van der Waals surface area contributed by atoms with Crippen molar-refractivity contribution in [3.05, 3.63) is 36.3 Å². The number of anilines is 2. The van der Waals surface area contributed by atoms with Gasteiger partial charge < -0.3 is 20.1 Å². The minimum absolute atomic E-state index is 0.163. The largest absolute Gasteiger partial charge is 0.454 e. The van der Waals surface area contributed by atoms with Gasteiger partial charge in [-0.2, -0.15) is 0 Å². The first kappa shape index (κ1) is 14.7. The van der Waals surface area contributed by atoms with Gasteiger partial charge in [0.25, 0.3) is 5.91 Å². The van der Waals surface area contributed by atoms with Crippen molar-refractivity contribution >= 4 is 17.4 Å². The van der Waals surface area contributed by atoms with Gasteiger partial charge in [0.15, 0.2) is 11.5 Å². The van der Waals surface area contributed by atoms with Crippen molar-refractivity contribution < 1.29 is 14.3 Å². The second-order valence-corrected chi connectivity index (χ2v) is 5.93. The quantitative estimate of drug-likeness (QED) is 0.898. The highest BCUT2D eigenvalue weighted by molar-refractivity contribution is 5.92. The van der Waals surface area contributed by atoms with Crippen LogP contribution in [0.3, 0.4) is 0 Å². The lowest BCUT2D eigenvalue weighted by Gasteiger charge is -2.11. The summed E-state index contributed by atoms with van der Waals surface area (Å²) in [5.41, 5.74) is 1.15. The predicted molar refractivity (Wildman–Crippen MR) is 87.6 cm³/mol. The number of aromatic nitrogens is 2. The molecule has 2 aliphatic rings. The third kappa shape index (κ3) is 3.10. The molecule has 0 radical (unpaired) electrons. The number of carbonyl (C=O) groups is 1. The van der Waals surface area contributed by atoms with Crippen LogP contribution in [0.4, 0.5) is 11.5 Å². The van der Waals surface area contributed by atoms with Crippen LogP contribution in [0.5, 0.6) is 11.5 Å². The maximum Gasteiger partial charge on any atom is 0.271 e. The van der Waals surface area contributed by atoms with Crippen LogP contribution in [0, 0.1) is 0 Å². The summed E-state index contributed by atoms with van der Waals surface area (Å²) in [5, 5.41) is 6.13. The van der Waals surface area contributed by atoms with Crippen LogP contribution in [0.25, 0.3) is 0 Å². The van der Waals surface area contributed by atoms with Gasteiger partial charge in [0.1, 0.15) is 11.5 Å². The minimum Gasteiger partial charge on any atom is -0.454 e. The lowest BCUT2D eigenvalue weighted by molar-refractivity contribution is 0.0932. The summed E-state index contributed by atoms with van der Waals surface area (Å²) in [7, 11) is 0. The molecule has 7 heteroatoms. The third-order valence-corrected chi connectivity index (χ3v) is 4.22. The molecule has 1 saturated carbocycles. The smallest absolute Gasteiger partial charge is 0.271 e. The zero-order chi connectivity index (χ0) is 16.4. The Labute approximate surface area is 139 Å². The lowest BCUT2D eigenvalue weighted by atomic mass is 10.2. The van der Waals surface area contributed by atoms with Crippen LogP contribution in [-0.4, -0.2) is 28.7 Å². The highest BCUT2D eigenvalue weighted by Gasteiger charge is 2.19. The van der Waals surface area contributed by atoms with Crippen molar-refractivity contribution in [3.63, 3.8) is 0 Å². The highest BCUT2D eigenvalue weighted by Crippen LogP contribution is 2.34. The number of rotatable bonds is 4. The van der Waals surface area contributed by atoms with E-state index in [4.69, 9.17) is 9.47 Å². The number of carbonyl (C=O) groups excluding carboxylic acids is 1. The standard InChI is InChI=1S/C17H18N4O3/c22-17(21-11-3-1-2-4-11)13-8-19-16(9-18-13)20-12-5-6-14-15(7-12)24-10-23-14/h5-9,11H,1-4,10H2,(H,19,20)(H,21,22). The van der Waals surface area contributed by atoms with Crippen LogP contribution < -0.4 is 20.1 Å². The topological polar surface area (TPSA) is 85.4 Å². The van der Waals surface area contributed by atoms with E-state index in [9.17, 15) is 4.79 Å². The molecule has 0 atom stereocenters. The number of fused-ring (bicyclic) bond motifs is 1. The maximum absolute atomic E-state index is 12.1. The van der Waals surface area contributed by atoms with Crippen molar-refractivity contribution in [2.24, 2.45) is 0 Å². The van der Waals surface area contributed by atoms with E-state index in [0.29, 0.717) is 17.3 Å². The average Bonchev–Trinajstić information content (AvgIpc) is 3.26. The van der Waals surface area contributed by atoms with Crippen molar-refractivity contribution in [3.8, 4) is 11.5 Å². The molecular weight excluding hydrogens is 308 g/mol. The van der Waals surface area contributed by atoms with Crippen molar-refractivity contribution in [2.45, 2.75) is 31.7 Å². The van der Waals surface area contributed by atoms with Gasteiger partial charge in [0.2, 0.25) is 6.79 Å². The molecule has 24 heavy (non-hydrogen) atoms. The lowest BCUT2D eigenvalue weighted by Crippen LogP contribution is -2.33. The zero-order valence-electron chi connectivity index (χ0n) is 13.1. The molecule has 1 aliphatic carbocycles. The summed E-state index contributed by atoms with van der Waals surface area (Å²) in [6, 6.07) is 5.81. The van der Waals surface area contributed by atoms with Crippen molar-refractivity contribution in [1.82, 2.24) is 15.3 Å². The summed E-state index contributed by atoms with van der Waals surface area (Å²) in [4.78, 5) is 20.6. The van der Waals surface area contributed by atoms with E-state index in [1.165, 1.54) is 19.0 Å². The molecule has 2 N–H and O–H groups in total. The normalized spacial score (nSPS) is 16.2. The Bertz CT molecular complexity index is 742. The second-order valence-electron chi connectivity index (χ2n) is 5.93. The van der Waals surface area contributed by atoms with E-state index in [1.54, 1.807) is 6.20 Å². The SMILES string of the molecule is O=C(NC1CCCC1)c1cnc(Nc2ccc3c(c2)OCO3)cn1. The van der Waals surface area contributed by atoms with E-state index in [-0.39, 0.29) is 18.7 Å². The number of nitrogens with one attached hydrogen (secondary N) is 2. The van der Waals surface area contributed by atoms with Gasteiger partial charge in [-0.05, 0) is 25.0 Å². The molecular formula is C17H18N4O3. The molecule has 1 fully saturated rings. The first-order valence-electron chi connectivity index (χ1n) is 8.07. The number of hydrogen-bond donors (Lipinski definition) is 2. The number of nitrogens with zero attached hydrogens (tertiary/aromatic N) is 2. The van der Waals surface area contributed by atoms with Gasteiger partial charge in [-0.15, -0.1) is 0 Å². The summed E-state index contributed by atoms with van der Waals surface area (Å²) >= 11 is 0. The summed E-state index contributed by atoms with van der Waals surface area (Å²) in [5.74, 6) is 1.82. The fourth-order valence-electron chi connectivity index (χ4n) is 2.96. The molecule has 124 valence electrons. The van der Waals surface area contributed by atoms with Crippen LogP contribution in [0.1, 0.15) is 36.2 Å². The molecule has 2 heterocycles. The van der Waals surface area contributed by atoms with Gasteiger partial charge in [-0.1, -0.05) is 12.8 Å². The van der Waals surface area contributed by atoms with E-state index in [1.807, 2.05) is 18.2 Å². The highest BCUT2D eigenvalue weighted by atomic mass is 16.7. The molecule has 0 bridgehead atoms. The number of benzene rings is 1. The predicted octanol–water partition coefficient (Wildman–Crippen LogP) is 2.62. The third-order valence-electron chi connectivity index (χ3n) is 4.22. The Morgan fingerprint density at radius 3 is 2.71 bits per heavy atom. The molecule has 7 nitrogen and oxygen atoms in total. The second kappa shape index (κ2) is 6.35. The first-order chi connectivity index (χ1) is 11.8. The van der Waals surface area contributed by atoms with Crippen LogP contribution >= 0.6 is 0 Å². The van der Waals surface area contributed by atoms with Gasteiger partial charge in [-0.3, -0.25) is 4.79 Å². The van der Waals surface area contributed by atoms with Gasteiger partial charge in [0.05, 0.1) is 12.4 Å². The molecule has 2 aromatic rings. The molecule has 4 rings (SSSR count). The molecule has 1 aromatic carbocycles. The molecule has 1 aliphatic heterocycles. The molecule has 0 unspecified atom stereocenters. The fraction of sp³-hybridized carbons (Fsp3) is 0.353. The zero-order valence-corrected chi connectivity index (χ0v) is 13.1. The Morgan fingerprint density at radius 1 is 1.08 bits per heavy atom. The van der Waals surface area contributed by atoms with Crippen LogP contribution in [0.2, 0.25) is 0 Å². The Morgan fingerprint density at radius 2 is 1.92 bits per heavy atom. The van der Waals surface area contributed by atoms with E-state index in [0.717, 1.165) is 24.3 Å². The average molecular weight is 326 g/mol. The van der Waals surface area contributed by atoms with E-state index in [2.05, 4.69) is 20.6 Å². The first-order valence-corrected chi connectivity index (χ1v) is 8.07. The van der Waals surface area contributed by atoms with Crippen LogP contribution in [0.15, 0.2) is 30.6 Å². The minimum atomic E-state index is -0.163. The Balaban J connectivity index is 1.41. The maximum atomic E-state index is 12.1. The van der Waals surface area contributed by atoms with Crippen molar-refractivity contribution in [2.75, 3.05) is 12.1 Å². The number of hydrogen-bond acceptors (Lipinski definition) is 6. The summed E-state index contributed by atoms with van der Waals surface area (Å²) in [6.07, 6.45) is 7.48. The van der Waals surface area contributed by atoms with E-state index < -0.39 is 0 Å². The molecule has 0 saturated heterocycles. The number of amides is 1.